The van der Waals surface area contributed by atoms with Gasteiger partial charge in [0.2, 0.25) is 0 Å². The number of benzene rings is 2. The van der Waals surface area contributed by atoms with E-state index in [0.717, 1.165) is 8.95 Å². The summed E-state index contributed by atoms with van der Waals surface area (Å²) in [6.45, 7) is 0. The molecule has 1 aliphatic rings. The summed E-state index contributed by atoms with van der Waals surface area (Å²) in [4.78, 5) is 0. The monoisotopic (exact) mass is 428 g/mol. The Labute approximate surface area is 145 Å². The van der Waals surface area contributed by atoms with E-state index >= 15 is 0 Å². The summed E-state index contributed by atoms with van der Waals surface area (Å²) >= 11 is 11.1. The van der Waals surface area contributed by atoms with Gasteiger partial charge in [-0.1, -0.05) is 44.0 Å². The lowest BCUT2D eigenvalue weighted by atomic mass is 9.99. The zero-order valence-electron chi connectivity index (χ0n) is 11.2. The van der Waals surface area contributed by atoms with Crippen molar-refractivity contribution >= 4 is 55.4 Å². The highest BCUT2D eigenvalue weighted by molar-refractivity contribution is 9.10. The summed E-state index contributed by atoms with van der Waals surface area (Å²) in [5.74, 6) is 0.458. The van der Waals surface area contributed by atoms with E-state index in [2.05, 4.69) is 80.8 Å². The molecule has 20 heavy (non-hydrogen) atoms. The van der Waals surface area contributed by atoms with E-state index in [1.165, 1.54) is 22.3 Å². The molecule has 3 rings (SSSR count). The lowest BCUT2D eigenvalue weighted by Crippen LogP contribution is -2.10. The molecule has 0 unspecified atom stereocenters. The van der Waals surface area contributed by atoms with Gasteiger partial charge in [-0.05, 0) is 59.0 Å². The Morgan fingerprint density at radius 2 is 1.30 bits per heavy atom. The molecule has 0 aromatic heterocycles. The molecule has 0 heterocycles. The topological polar surface area (TPSA) is 0 Å². The first-order chi connectivity index (χ1) is 9.65. The molecule has 0 spiro atoms. The minimum Gasteiger partial charge on any atom is -0.150 e. The summed E-state index contributed by atoms with van der Waals surface area (Å²) in [6.07, 6.45) is 4.41. The van der Waals surface area contributed by atoms with E-state index in [0.29, 0.717) is 10.5 Å². The quantitative estimate of drug-likeness (QED) is 0.519. The highest BCUT2D eigenvalue weighted by atomic mass is 79.9. The van der Waals surface area contributed by atoms with Gasteiger partial charge >= 0.3 is 0 Å². The minimum atomic E-state index is 0.458. The molecule has 4 heteroatoms. The second kappa shape index (κ2) is 6.07. The molecule has 0 atom stereocenters. The fourth-order valence-corrected chi connectivity index (χ4v) is 5.56. The molecular weight excluding hydrogens is 416 g/mol. The molecule has 0 aliphatic heterocycles. The van der Waals surface area contributed by atoms with E-state index in [9.17, 15) is 0 Å². The van der Waals surface area contributed by atoms with Crippen LogP contribution in [0.2, 0.25) is 0 Å². The summed E-state index contributed by atoms with van der Waals surface area (Å²) in [5, 5.41) is 0. The van der Waals surface area contributed by atoms with Gasteiger partial charge in [-0.2, -0.15) is 23.5 Å². The van der Waals surface area contributed by atoms with Crippen LogP contribution in [-0.2, 0) is 0 Å². The van der Waals surface area contributed by atoms with Crippen molar-refractivity contribution in [1.82, 2.24) is 0 Å². The van der Waals surface area contributed by atoms with Crippen LogP contribution in [-0.4, -0.2) is 17.1 Å². The Hall–Kier alpha value is 0.1000. The Morgan fingerprint density at radius 1 is 0.850 bits per heavy atom. The smallest absolute Gasteiger partial charge is 0.0606 e. The van der Waals surface area contributed by atoms with E-state index in [-0.39, 0.29) is 0 Å². The van der Waals surface area contributed by atoms with Crippen molar-refractivity contribution in [2.75, 3.05) is 12.5 Å². The average Bonchev–Trinajstić information content (AvgIpc) is 2.74. The van der Waals surface area contributed by atoms with Gasteiger partial charge < -0.3 is 0 Å². The molecule has 104 valence electrons. The number of hydrogen-bond donors (Lipinski definition) is 0. The van der Waals surface area contributed by atoms with Crippen LogP contribution in [0.3, 0.4) is 0 Å². The lowest BCUT2D eigenvalue weighted by Gasteiger charge is -2.22. The average molecular weight is 430 g/mol. The summed E-state index contributed by atoms with van der Waals surface area (Å²) in [7, 11) is 0. The maximum absolute atomic E-state index is 3.62. The van der Waals surface area contributed by atoms with Crippen molar-refractivity contribution < 1.29 is 0 Å². The van der Waals surface area contributed by atoms with E-state index in [1.807, 2.05) is 23.5 Å². The van der Waals surface area contributed by atoms with Crippen LogP contribution in [0.15, 0.2) is 45.3 Å². The van der Waals surface area contributed by atoms with Crippen molar-refractivity contribution in [3.63, 3.8) is 0 Å². The third kappa shape index (κ3) is 2.49. The van der Waals surface area contributed by atoms with Crippen LogP contribution in [0.1, 0.15) is 17.0 Å². The molecule has 1 aliphatic carbocycles. The molecule has 0 saturated carbocycles. The highest BCUT2D eigenvalue weighted by Crippen LogP contribution is 2.52. The second-order valence-electron chi connectivity index (χ2n) is 4.78. The molecule has 0 radical (unpaired) electrons. The van der Waals surface area contributed by atoms with Crippen molar-refractivity contribution in [1.29, 1.82) is 0 Å². The van der Waals surface area contributed by atoms with Crippen LogP contribution in [0.5, 0.6) is 0 Å². The van der Waals surface area contributed by atoms with Crippen molar-refractivity contribution in [2.24, 2.45) is 0 Å². The SMILES string of the molecule is CSC(SC)C1c2cc(Br)ccc2-c2ccc(Br)cc21. The third-order valence-electron chi connectivity index (χ3n) is 3.72. The van der Waals surface area contributed by atoms with E-state index in [1.54, 1.807) is 0 Å². The summed E-state index contributed by atoms with van der Waals surface area (Å²) < 4.78 is 2.86. The molecule has 2 aromatic carbocycles. The third-order valence-corrected chi connectivity index (χ3v) is 7.34. The standard InChI is InChI=1S/C16H14Br2S2/c1-19-16(20-2)15-13-7-9(17)3-5-11(13)12-6-4-10(18)8-14(12)15/h3-8,15-16H,1-2H3. The number of thioether (sulfide) groups is 2. The maximum Gasteiger partial charge on any atom is 0.0606 e. The highest BCUT2D eigenvalue weighted by Gasteiger charge is 2.34. The lowest BCUT2D eigenvalue weighted by molar-refractivity contribution is 0.933. The van der Waals surface area contributed by atoms with Gasteiger partial charge in [0.1, 0.15) is 0 Å². The van der Waals surface area contributed by atoms with Gasteiger partial charge in [0.25, 0.3) is 0 Å². The second-order valence-corrected chi connectivity index (χ2v) is 8.87. The van der Waals surface area contributed by atoms with Crippen LogP contribution in [0, 0.1) is 0 Å². The van der Waals surface area contributed by atoms with Gasteiger partial charge in [-0.25, -0.2) is 0 Å². The normalized spacial score (nSPS) is 13.7. The molecular formula is C16H14Br2S2. The number of hydrogen-bond acceptors (Lipinski definition) is 2. The van der Waals surface area contributed by atoms with Gasteiger partial charge in [0.05, 0.1) is 4.58 Å². The molecule has 0 saturated heterocycles. The van der Waals surface area contributed by atoms with E-state index in [4.69, 9.17) is 0 Å². The minimum absolute atomic E-state index is 0.458. The maximum atomic E-state index is 3.62. The molecule has 0 N–H and O–H groups in total. The van der Waals surface area contributed by atoms with Crippen LogP contribution < -0.4 is 0 Å². The van der Waals surface area contributed by atoms with Gasteiger partial charge in [-0.15, -0.1) is 0 Å². The van der Waals surface area contributed by atoms with Gasteiger partial charge in [-0.3, -0.25) is 0 Å². The van der Waals surface area contributed by atoms with Crippen LogP contribution in [0.25, 0.3) is 11.1 Å². The Bertz CT molecular complexity index is 599. The molecule has 0 nitrogen and oxygen atoms in total. The molecule has 0 fully saturated rings. The zero-order valence-corrected chi connectivity index (χ0v) is 16.0. The predicted octanol–water partition coefficient (Wildman–Crippen LogP) is 6.38. The Morgan fingerprint density at radius 3 is 1.70 bits per heavy atom. The van der Waals surface area contributed by atoms with Gasteiger partial charge in [0, 0.05) is 14.9 Å². The largest absolute Gasteiger partial charge is 0.150 e. The zero-order chi connectivity index (χ0) is 14.3. The van der Waals surface area contributed by atoms with Crippen molar-refractivity contribution in [3.8, 4) is 11.1 Å². The molecule has 0 amide bonds. The fraction of sp³-hybridized carbons (Fsp3) is 0.250. The fourth-order valence-electron chi connectivity index (χ4n) is 2.90. The van der Waals surface area contributed by atoms with Crippen LogP contribution in [0.4, 0.5) is 0 Å². The van der Waals surface area contributed by atoms with Crippen molar-refractivity contribution in [3.05, 3.63) is 56.5 Å². The number of halogens is 2. The first-order valence-corrected chi connectivity index (χ1v) is 10.5. The molecule has 2 aromatic rings. The van der Waals surface area contributed by atoms with Crippen LogP contribution >= 0.6 is 55.4 Å². The predicted molar refractivity (Wildman–Crippen MR) is 99.9 cm³/mol. The van der Waals surface area contributed by atoms with Gasteiger partial charge in [0.15, 0.2) is 0 Å². The number of fused-ring (bicyclic) bond motifs is 3. The first-order valence-electron chi connectivity index (χ1n) is 6.30. The Kier molecular flexibility index (Phi) is 4.56. The number of rotatable bonds is 3. The van der Waals surface area contributed by atoms with E-state index < -0.39 is 0 Å². The summed E-state index contributed by atoms with van der Waals surface area (Å²) in [5.41, 5.74) is 5.66. The summed E-state index contributed by atoms with van der Waals surface area (Å²) in [6, 6.07) is 13.3. The van der Waals surface area contributed by atoms with Crippen molar-refractivity contribution in [2.45, 2.75) is 10.5 Å². The Balaban J connectivity index is 2.24. The molecule has 0 bridgehead atoms. The first kappa shape index (κ1) is 15.0.